The molecule has 0 aliphatic carbocycles. The van der Waals surface area contributed by atoms with E-state index in [1.54, 1.807) is 0 Å². The van der Waals surface area contributed by atoms with Gasteiger partial charge in [0.2, 0.25) is 0 Å². The largest absolute Gasteiger partial charge is 0.396 e. The number of unbranched alkanes of at least 4 members (excludes halogenated alkanes) is 1. The fraction of sp³-hybridized carbons (Fsp3) is 0.500. The average Bonchev–Trinajstić information content (AvgIpc) is 2.46. The van der Waals surface area contributed by atoms with Crippen LogP contribution in [0.15, 0.2) is 30.3 Å². The molecule has 0 unspecified atom stereocenters. The van der Waals surface area contributed by atoms with Crippen molar-refractivity contribution in [3.8, 4) is 0 Å². The van der Waals surface area contributed by atoms with Gasteiger partial charge in [-0.3, -0.25) is 0 Å². The van der Waals surface area contributed by atoms with Gasteiger partial charge in [-0.25, -0.2) is 0 Å². The predicted molar refractivity (Wildman–Crippen MR) is 99.8 cm³/mol. The minimum absolute atomic E-state index is 0.280. The molecule has 2 rings (SSSR count). The molecular weight excluding hydrogens is 288 g/mol. The molecule has 120 valence electrons. The number of aliphatic hydroxyl groups is 1. The van der Waals surface area contributed by atoms with Crippen molar-refractivity contribution in [2.45, 2.75) is 52.2 Å². The molecule has 0 heterocycles. The third-order valence-corrected chi connectivity index (χ3v) is 4.41. The highest BCUT2D eigenvalue weighted by molar-refractivity contribution is 7.79. The first kappa shape index (κ1) is 17.4. The Morgan fingerprint density at radius 3 is 2.36 bits per heavy atom. The Morgan fingerprint density at radius 2 is 1.73 bits per heavy atom. The van der Waals surface area contributed by atoms with E-state index < -0.39 is 0 Å². The maximum absolute atomic E-state index is 8.97. The molecule has 0 atom stereocenters. The average molecular weight is 317 g/mol. The van der Waals surface area contributed by atoms with Crippen LogP contribution < -0.4 is 0 Å². The monoisotopic (exact) mass is 316 g/mol. The first-order chi connectivity index (χ1) is 10.5. The zero-order chi connectivity index (χ0) is 16.2. The van der Waals surface area contributed by atoms with Crippen molar-refractivity contribution >= 4 is 23.4 Å². The summed E-state index contributed by atoms with van der Waals surface area (Å²) < 4.78 is 0. The molecule has 0 amide bonds. The number of thiol groups is 1. The summed E-state index contributed by atoms with van der Waals surface area (Å²) in [4.78, 5) is 0. The van der Waals surface area contributed by atoms with Crippen molar-refractivity contribution in [2.24, 2.45) is 5.41 Å². The van der Waals surface area contributed by atoms with E-state index in [0.717, 1.165) is 31.4 Å². The van der Waals surface area contributed by atoms with Gasteiger partial charge >= 0.3 is 0 Å². The Balaban J connectivity index is 2.44. The fourth-order valence-corrected chi connectivity index (χ4v) is 3.47. The lowest BCUT2D eigenvalue weighted by molar-refractivity contribution is 0.284. The van der Waals surface area contributed by atoms with Crippen LogP contribution >= 0.6 is 12.6 Å². The van der Waals surface area contributed by atoms with E-state index >= 15 is 0 Å². The lowest BCUT2D eigenvalue weighted by atomic mass is 9.84. The normalized spacial score (nSPS) is 12.0. The number of rotatable bonds is 6. The van der Waals surface area contributed by atoms with Crippen molar-refractivity contribution < 1.29 is 5.11 Å². The number of aliphatic hydroxyl groups excluding tert-OH is 1. The molecule has 0 fully saturated rings. The first-order valence-corrected chi connectivity index (χ1v) is 8.83. The molecule has 2 aromatic carbocycles. The predicted octanol–water partition coefficient (Wildman–Crippen LogP) is 5.17. The van der Waals surface area contributed by atoms with Gasteiger partial charge in [-0.1, -0.05) is 51.1 Å². The molecule has 2 heteroatoms. The van der Waals surface area contributed by atoms with Crippen molar-refractivity contribution in [1.82, 2.24) is 0 Å². The SMILES string of the molecule is CC(C)(C)Cc1ccc2c(CCCCO)cccc2c1CS. The van der Waals surface area contributed by atoms with Crippen molar-refractivity contribution in [3.63, 3.8) is 0 Å². The highest BCUT2D eigenvalue weighted by atomic mass is 32.1. The number of hydrogen-bond acceptors (Lipinski definition) is 2. The van der Waals surface area contributed by atoms with Crippen LogP contribution in [-0.2, 0) is 18.6 Å². The molecule has 1 nitrogen and oxygen atoms in total. The zero-order valence-corrected chi connectivity index (χ0v) is 14.9. The van der Waals surface area contributed by atoms with Crippen LogP contribution in [0, 0.1) is 5.41 Å². The molecule has 1 N–H and O–H groups in total. The second-order valence-corrected chi connectivity index (χ2v) is 7.61. The third-order valence-electron chi connectivity index (χ3n) is 4.09. The van der Waals surface area contributed by atoms with Crippen LogP contribution in [0.1, 0.15) is 50.3 Å². The molecule has 0 saturated heterocycles. The summed E-state index contributed by atoms with van der Waals surface area (Å²) in [5.41, 5.74) is 4.46. The highest BCUT2D eigenvalue weighted by Gasteiger charge is 2.16. The molecule has 0 spiro atoms. The van der Waals surface area contributed by atoms with Gasteiger partial charge < -0.3 is 5.11 Å². The Morgan fingerprint density at radius 1 is 0.955 bits per heavy atom. The quantitative estimate of drug-likeness (QED) is 0.556. The number of fused-ring (bicyclic) bond motifs is 1. The van der Waals surface area contributed by atoms with E-state index in [1.165, 1.54) is 27.5 Å². The number of aryl methyl sites for hydroxylation is 1. The zero-order valence-electron chi connectivity index (χ0n) is 14.0. The van der Waals surface area contributed by atoms with Crippen LogP contribution in [0.2, 0.25) is 0 Å². The van der Waals surface area contributed by atoms with Gasteiger partial charge in [-0.05, 0) is 58.6 Å². The van der Waals surface area contributed by atoms with Crippen LogP contribution in [0.5, 0.6) is 0 Å². The number of hydrogen-bond donors (Lipinski definition) is 2. The molecule has 0 saturated carbocycles. The Labute approximate surface area is 140 Å². The van der Waals surface area contributed by atoms with Crippen molar-refractivity contribution in [2.75, 3.05) is 6.61 Å². The summed E-state index contributed by atoms with van der Waals surface area (Å²) in [5.74, 6) is 0.781. The third kappa shape index (κ3) is 4.27. The summed E-state index contributed by atoms with van der Waals surface area (Å²) in [6.45, 7) is 7.13. The van der Waals surface area contributed by atoms with E-state index in [9.17, 15) is 0 Å². The van der Waals surface area contributed by atoms with E-state index in [1.807, 2.05) is 0 Å². The van der Waals surface area contributed by atoms with Crippen molar-refractivity contribution in [1.29, 1.82) is 0 Å². The van der Waals surface area contributed by atoms with Gasteiger partial charge in [0, 0.05) is 12.4 Å². The highest BCUT2D eigenvalue weighted by Crippen LogP contribution is 2.31. The standard InChI is InChI=1S/C20H28OS/c1-20(2,3)13-16-10-11-17-15(7-4-5-12-21)8-6-9-18(17)19(16)14-22/h6,8-11,21-22H,4-5,7,12-14H2,1-3H3. The summed E-state index contributed by atoms with van der Waals surface area (Å²) >= 11 is 4.59. The van der Waals surface area contributed by atoms with Gasteiger partial charge in [0.25, 0.3) is 0 Å². The number of benzene rings is 2. The maximum Gasteiger partial charge on any atom is 0.0431 e. The fourth-order valence-electron chi connectivity index (χ4n) is 3.10. The van der Waals surface area contributed by atoms with Crippen molar-refractivity contribution in [3.05, 3.63) is 47.0 Å². The lowest BCUT2D eigenvalue weighted by Gasteiger charge is -2.21. The van der Waals surface area contributed by atoms with Gasteiger partial charge in [0.05, 0.1) is 0 Å². The van der Waals surface area contributed by atoms with Gasteiger partial charge in [0.15, 0.2) is 0 Å². The molecule has 0 aromatic heterocycles. The topological polar surface area (TPSA) is 20.2 Å². The molecule has 2 aromatic rings. The Bertz CT molecular complexity index is 625. The molecular formula is C20H28OS. The molecule has 22 heavy (non-hydrogen) atoms. The van der Waals surface area contributed by atoms with Crippen LogP contribution in [-0.4, -0.2) is 11.7 Å². The maximum atomic E-state index is 8.97. The Kier molecular flexibility index (Phi) is 5.94. The summed E-state index contributed by atoms with van der Waals surface area (Å²) in [6, 6.07) is 11.2. The Hall–Kier alpha value is -0.990. The second-order valence-electron chi connectivity index (χ2n) is 7.29. The molecule has 0 radical (unpaired) electrons. The minimum Gasteiger partial charge on any atom is -0.396 e. The van der Waals surface area contributed by atoms with Crippen LogP contribution in [0.25, 0.3) is 10.8 Å². The molecule has 0 bridgehead atoms. The van der Waals surface area contributed by atoms with E-state index in [4.69, 9.17) is 5.11 Å². The van der Waals surface area contributed by atoms with Crippen LogP contribution in [0.3, 0.4) is 0 Å². The van der Waals surface area contributed by atoms with Gasteiger partial charge in [-0.2, -0.15) is 12.6 Å². The molecule has 0 aliphatic rings. The smallest absolute Gasteiger partial charge is 0.0431 e. The van der Waals surface area contributed by atoms with Gasteiger partial charge in [-0.15, -0.1) is 0 Å². The minimum atomic E-state index is 0.280. The summed E-state index contributed by atoms with van der Waals surface area (Å²) in [7, 11) is 0. The van der Waals surface area contributed by atoms with Gasteiger partial charge in [0.1, 0.15) is 0 Å². The van der Waals surface area contributed by atoms with E-state index in [0.29, 0.717) is 0 Å². The first-order valence-electron chi connectivity index (χ1n) is 8.20. The van der Waals surface area contributed by atoms with E-state index in [2.05, 4.69) is 63.7 Å². The molecule has 0 aliphatic heterocycles. The van der Waals surface area contributed by atoms with E-state index in [-0.39, 0.29) is 12.0 Å². The summed E-state index contributed by atoms with van der Waals surface area (Å²) in [5, 5.41) is 11.7. The lowest BCUT2D eigenvalue weighted by Crippen LogP contribution is -2.11. The second kappa shape index (κ2) is 7.52. The summed E-state index contributed by atoms with van der Waals surface area (Å²) in [6.07, 6.45) is 4.02. The van der Waals surface area contributed by atoms with Crippen LogP contribution in [0.4, 0.5) is 0 Å².